The summed E-state index contributed by atoms with van der Waals surface area (Å²) < 4.78 is 0. The fourth-order valence-corrected chi connectivity index (χ4v) is 3.67. The van der Waals surface area contributed by atoms with E-state index in [1.807, 2.05) is 0 Å². The van der Waals surface area contributed by atoms with Crippen molar-refractivity contribution in [2.24, 2.45) is 17.6 Å². The molecular formula is C10H16N2O. The Morgan fingerprint density at radius 3 is 2.92 bits per heavy atom. The first kappa shape index (κ1) is 7.80. The molecule has 0 aromatic heterocycles. The topological polar surface area (TPSA) is 55.1 Å². The molecule has 2 aliphatic carbocycles. The number of nitrogens with two attached hydrogens (primary N) is 1. The van der Waals surface area contributed by atoms with E-state index in [0.29, 0.717) is 12.0 Å². The van der Waals surface area contributed by atoms with Crippen LogP contribution in [0.5, 0.6) is 0 Å². The standard InChI is InChI=1S/C10H16N2O/c11-10-3-6-1-7(4-10)9(13)12-8(2-6)5-10/h6-8H,1-5,11H2,(H,12,13). The molecule has 0 aromatic rings. The van der Waals surface area contributed by atoms with Crippen molar-refractivity contribution in [3.63, 3.8) is 0 Å². The van der Waals surface area contributed by atoms with Crippen LogP contribution >= 0.6 is 0 Å². The number of carbonyl (C=O) groups is 1. The molecule has 1 amide bonds. The van der Waals surface area contributed by atoms with Gasteiger partial charge in [-0.05, 0) is 38.0 Å². The van der Waals surface area contributed by atoms with Gasteiger partial charge in [0.25, 0.3) is 0 Å². The van der Waals surface area contributed by atoms with Crippen LogP contribution in [-0.4, -0.2) is 17.5 Å². The number of amides is 1. The summed E-state index contributed by atoms with van der Waals surface area (Å²) in [6.45, 7) is 0. The fourth-order valence-electron chi connectivity index (χ4n) is 3.67. The summed E-state index contributed by atoms with van der Waals surface area (Å²) in [5.41, 5.74) is 6.27. The molecule has 4 atom stereocenters. The second-order valence-corrected chi connectivity index (χ2v) is 5.21. The average molecular weight is 180 g/mol. The van der Waals surface area contributed by atoms with Gasteiger partial charge in [0, 0.05) is 17.5 Å². The lowest BCUT2D eigenvalue weighted by Gasteiger charge is -2.44. The van der Waals surface area contributed by atoms with E-state index in [1.54, 1.807) is 0 Å². The second-order valence-electron chi connectivity index (χ2n) is 5.21. The molecule has 4 bridgehead atoms. The second kappa shape index (κ2) is 2.27. The first-order valence-electron chi connectivity index (χ1n) is 5.24. The normalized spacial score (nSPS) is 53.3. The van der Waals surface area contributed by atoms with Crippen molar-refractivity contribution in [1.82, 2.24) is 5.32 Å². The van der Waals surface area contributed by atoms with Crippen molar-refractivity contribution in [3.8, 4) is 0 Å². The molecule has 0 spiro atoms. The minimum absolute atomic E-state index is 0.0182. The highest BCUT2D eigenvalue weighted by Crippen LogP contribution is 2.46. The number of carbonyl (C=O) groups excluding carboxylic acids is 1. The molecule has 3 nitrogen and oxygen atoms in total. The van der Waals surface area contributed by atoms with Gasteiger partial charge < -0.3 is 11.1 Å². The van der Waals surface area contributed by atoms with Crippen molar-refractivity contribution < 1.29 is 4.79 Å². The molecule has 2 saturated carbocycles. The van der Waals surface area contributed by atoms with Gasteiger partial charge in [-0.1, -0.05) is 0 Å². The van der Waals surface area contributed by atoms with E-state index in [4.69, 9.17) is 5.73 Å². The van der Waals surface area contributed by atoms with Gasteiger partial charge in [0.1, 0.15) is 0 Å². The summed E-state index contributed by atoms with van der Waals surface area (Å²) in [4.78, 5) is 11.6. The first-order chi connectivity index (χ1) is 6.15. The highest BCUT2D eigenvalue weighted by Gasteiger charge is 2.49. The van der Waals surface area contributed by atoms with E-state index in [0.717, 1.165) is 25.7 Å². The molecule has 72 valence electrons. The maximum absolute atomic E-state index is 11.6. The van der Waals surface area contributed by atoms with E-state index < -0.39 is 0 Å². The lowest BCUT2D eigenvalue weighted by molar-refractivity contribution is -0.125. The SMILES string of the molecule is NC12CC3CC(C1)NC(=O)C(C3)C2. The molecular weight excluding hydrogens is 164 g/mol. The molecule has 3 heteroatoms. The summed E-state index contributed by atoms with van der Waals surface area (Å²) >= 11 is 0. The Bertz CT molecular complexity index is 266. The maximum Gasteiger partial charge on any atom is 0.223 e. The minimum Gasteiger partial charge on any atom is -0.353 e. The summed E-state index contributed by atoms with van der Waals surface area (Å²) in [7, 11) is 0. The largest absolute Gasteiger partial charge is 0.353 e. The van der Waals surface area contributed by atoms with Crippen LogP contribution in [0, 0.1) is 11.8 Å². The molecule has 0 radical (unpaired) electrons. The monoisotopic (exact) mass is 180 g/mol. The molecule has 0 aromatic carbocycles. The van der Waals surface area contributed by atoms with Gasteiger partial charge in [0.05, 0.1) is 0 Å². The van der Waals surface area contributed by atoms with Crippen molar-refractivity contribution in [1.29, 1.82) is 0 Å². The molecule has 4 aliphatic rings. The van der Waals surface area contributed by atoms with E-state index in [2.05, 4.69) is 5.32 Å². The number of nitrogens with one attached hydrogen (secondary N) is 1. The molecule has 2 heterocycles. The van der Waals surface area contributed by atoms with Crippen LogP contribution in [0.25, 0.3) is 0 Å². The Labute approximate surface area is 78.1 Å². The van der Waals surface area contributed by atoms with Crippen molar-refractivity contribution in [2.45, 2.75) is 43.7 Å². The van der Waals surface area contributed by atoms with Gasteiger partial charge in [-0.2, -0.15) is 0 Å². The minimum atomic E-state index is -0.0182. The van der Waals surface area contributed by atoms with E-state index in [-0.39, 0.29) is 17.4 Å². The van der Waals surface area contributed by atoms with E-state index in [1.165, 1.54) is 6.42 Å². The quantitative estimate of drug-likeness (QED) is 0.566. The summed E-state index contributed by atoms with van der Waals surface area (Å²) in [6.07, 6.45) is 5.33. The number of hydrogen-bond donors (Lipinski definition) is 2. The van der Waals surface area contributed by atoms with Crippen LogP contribution in [0.15, 0.2) is 0 Å². The van der Waals surface area contributed by atoms with Gasteiger partial charge in [-0.25, -0.2) is 0 Å². The van der Waals surface area contributed by atoms with Crippen LogP contribution in [0.3, 0.4) is 0 Å². The van der Waals surface area contributed by atoms with Crippen molar-refractivity contribution in [2.75, 3.05) is 0 Å². The number of rotatable bonds is 0. The smallest absolute Gasteiger partial charge is 0.223 e. The van der Waals surface area contributed by atoms with Gasteiger partial charge in [0.15, 0.2) is 0 Å². The molecule has 4 unspecified atom stereocenters. The Morgan fingerprint density at radius 1 is 1.31 bits per heavy atom. The molecule has 13 heavy (non-hydrogen) atoms. The summed E-state index contributed by atoms with van der Waals surface area (Å²) in [5, 5.41) is 3.11. The number of fused-ring (bicyclic) bond motifs is 1. The predicted molar refractivity (Wildman–Crippen MR) is 48.9 cm³/mol. The van der Waals surface area contributed by atoms with Crippen LogP contribution in [0.1, 0.15) is 32.1 Å². The van der Waals surface area contributed by atoms with Gasteiger partial charge in [-0.15, -0.1) is 0 Å². The van der Waals surface area contributed by atoms with Gasteiger partial charge >= 0.3 is 0 Å². The lowest BCUT2D eigenvalue weighted by Crippen LogP contribution is -2.52. The predicted octanol–water partition coefficient (Wildman–Crippen LogP) is 0.392. The molecule has 4 rings (SSSR count). The zero-order valence-corrected chi connectivity index (χ0v) is 7.75. The molecule has 4 fully saturated rings. The Kier molecular flexibility index (Phi) is 1.36. The van der Waals surface area contributed by atoms with Crippen LogP contribution < -0.4 is 11.1 Å². The zero-order valence-electron chi connectivity index (χ0n) is 7.75. The molecule has 2 saturated heterocycles. The van der Waals surface area contributed by atoms with Crippen LogP contribution in [-0.2, 0) is 4.79 Å². The fraction of sp³-hybridized carbons (Fsp3) is 0.900. The Hall–Kier alpha value is -0.570. The highest BCUT2D eigenvalue weighted by molar-refractivity contribution is 5.80. The van der Waals surface area contributed by atoms with Crippen LogP contribution in [0.4, 0.5) is 0 Å². The van der Waals surface area contributed by atoms with E-state index >= 15 is 0 Å². The Morgan fingerprint density at radius 2 is 2.15 bits per heavy atom. The molecule has 2 aliphatic heterocycles. The van der Waals surface area contributed by atoms with Gasteiger partial charge in [0.2, 0.25) is 5.91 Å². The van der Waals surface area contributed by atoms with Crippen LogP contribution in [0.2, 0.25) is 0 Å². The highest BCUT2D eigenvalue weighted by atomic mass is 16.2. The third kappa shape index (κ3) is 1.10. The summed E-state index contributed by atoms with van der Waals surface area (Å²) in [6, 6.07) is 0.378. The third-order valence-electron chi connectivity index (χ3n) is 3.95. The average Bonchev–Trinajstić information content (AvgIpc) is 2.12. The maximum atomic E-state index is 11.6. The third-order valence-corrected chi connectivity index (χ3v) is 3.95. The van der Waals surface area contributed by atoms with E-state index in [9.17, 15) is 4.79 Å². The van der Waals surface area contributed by atoms with Gasteiger partial charge in [-0.3, -0.25) is 4.79 Å². The first-order valence-corrected chi connectivity index (χ1v) is 5.24. The molecule has 3 N–H and O–H groups in total. The lowest BCUT2D eigenvalue weighted by atomic mass is 9.64. The number of hydrogen-bond acceptors (Lipinski definition) is 2. The summed E-state index contributed by atoms with van der Waals surface area (Å²) in [5.74, 6) is 1.19. The van der Waals surface area contributed by atoms with Crippen molar-refractivity contribution >= 4 is 5.91 Å². The zero-order chi connectivity index (χ0) is 9.05. The Balaban J connectivity index is 2.00. The van der Waals surface area contributed by atoms with Crippen molar-refractivity contribution in [3.05, 3.63) is 0 Å².